The molecule has 1 aromatic rings. The molecule has 2 atom stereocenters. The molecule has 2 aliphatic heterocycles. The van der Waals surface area contributed by atoms with Crippen LogP contribution in [0.4, 0.5) is 13.2 Å². The van der Waals surface area contributed by atoms with Gasteiger partial charge in [-0.15, -0.1) is 0 Å². The van der Waals surface area contributed by atoms with E-state index in [1.54, 1.807) is 11.1 Å². The van der Waals surface area contributed by atoms with Crippen LogP contribution in [0.3, 0.4) is 0 Å². The summed E-state index contributed by atoms with van der Waals surface area (Å²) in [6.45, 7) is 0.489. The predicted octanol–water partition coefficient (Wildman–Crippen LogP) is 2.23. The van der Waals surface area contributed by atoms with Gasteiger partial charge in [-0.05, 0) is 37.8 Å². The molecule has 3 heterocycles. The fourth-order valence-electron chi connectivity index (χ4n) is 3.53. The molecule has 2 aliphatic rings. The average molecular weight is 329 g/mol. The van der Waals surface area contributed by atoms with Crippen LogP contribution < -0.4 is 0 Å². The first-order valence-corrected chi connectivity index (χ1v) is 7.71. The third-order valence-corrected chi connectivity index (χ3v) is 4.56. The number of carbonyl (C=O) groups excluding carboxylic acids is 2. The summed E-state index contributed by atoms with van der Waals surface area (Å²) in [6, 6.07) is 2.54. The van der Waals surface area contributed by atoms with Crippen molar-refractivity contribution in [2.45, 2.75) is 43.9 Å². The van der Waals surface area contributed by atoms with E-state index in [1.807, 2.05) is 12.1 Å². The monoisotopic (exact) mass is 329 g/mol. The van der Waals surface area contributed by atoms with Gasteiger partial charge in [0.2, 0.25) is 5.91 Å². The molecule has 0 saturated carbocycles. The zero-order valence-electron chi connectivity index (χ0n) is 12.5. The first kappa shape index (κ1) is 15.9. The summed E-state index contributed by atoms with van der Waals surface area (Å²) in [4.78, 5) is 29.6. The Bertz CT molecular complexity index is 585. The largest absolute Gasteiger partial charge is 0.471 e. The summed E-state index contributed by atoms with van der Waals surface area (Å²) in [6.07, 6.45) is -0.909. The van der Waals surface area contributed by atoms with Gasteiger partial charge < -0.3 is 14.8 Å². The molecule has 23 heavy (non-hydrogen) atoms. The third-order valence-electron chi connectivity index (χ3n) is 4.56. The number of rotatable bonds is 2. The number of H-pyrrole nitrogens is 1. The van der Waals surface area contributed by atoms with Crippen LogP contribution in [-0.4, -0.2) is 51.9 Å². The van der Waals surface area contributed by atoms with Gasteiger partial charge in [-0.3, -0.25) is 9.59 Å². The normalized spacial score (nSPS) is 25.2. The molecule has 2 unspecified atom stereocenters. The lowest BCUT2D eigenvalue weighted by Gasteiger charge is -2.31. The second-order valence-electron chi connectivity index (χ2n) is 5.97. The number of carbonyl (C=O) groups is 2. The van der Waals surface area contributed by atoms with Crippen LogP contribution in [0.2, 0.25) is 0 Å². The van der Waals surface area contributed by atoms with Gasteiger partial charge in [0.25, 0.3) is 0 Å². The maximum atomic E-state index is 12.7. The number of hydrogen-bond donors (Lipinski definition) is 1. The highest BCUT2D eigenvalue weighted by Crippen LogP contribution is 2.34. The fourth-order valence-corrected chi connectivity index (χ4v) is 3.53. The molecule has 2 amide bonds. The van der Waals surface area contributed by atoms with Crippen molar-refractivity contribution < 1.29 is 22.8 Å². The lowest BCUT2D eigenvalue weighted by Crippen LogP contribution is -2.51. The standard InChI is InChI=1S/C15H18F3N3O2/c16-15(17,18)14(23)21-9-3-6-12(21)13(22)20-8-2-5-11(20)10-4-1-7-19-10/h1,4,7,11-12,19H,2-3,5-6,8-9H2. The van der Waals surface area contributed by atoms with E-state index < -0.39 is 18.1 Å². The molecule has 5 nitrogen and oxygen atoms in total. The van der Waals surface area contributed by atoms with Gasteiger partial charge >= 0.3 is 12.1 Å². The van der Waals surface area contributed by atoms with E-state index in [1.165, 1.54) is 0 Å². The Morgan fingerprint density at radius 3 is 2.48 bits per heavy atom. The van der Waals surface area contributed by atoms with Crippen LogP contribution >= 0.6 is 0 Å². The number of halogens is 3. The summed E-state index contributed by atoms with van der Waals surface area (Å²) in [5, 5.41) is 0. The summed E-state index contributed by atoms with van der Waals surface area (Å²) >= 11 is 0. The number of nitrogens with one attached hydrogen (secondary N) is 1. The van der Waals surface area contributed by atoms with E-state index in [4.69, 9.17) is 0 Å². The number of aromatic amines is 1. The van der Waals surface area contributed by atoms with Crippen molar-refractivity contribution in [1.82, 2.24) is 14.8 Å². The third kappa shape index (κ3) is 2.94. The zero-order chi connectivity index (χ0) is 16.6. The van der Waals surface area contributed by atoms with E-state index in [0.717, 1.165) is 18.5 Å². The molecule has 8 heteroatoms. The second kappa shape index (κ2) is 5.90. The van der Waals surface area contributed by atoms with Gasteiger partial charge in [-0.25, -0.2) is 0 Å². The molecular weight excluding hydrogens is 311 g/mol. The Balaban J connectivity index is 1.78. The maximum Gasteiger partial charge on any atom is 0.471 e. The Labute approximate surface area is 131 Å². The van der Waals surface area contributed by atoms with E-state index >= 15 is 0 Å². The fraction of sp³-hybridized carbons (Fsp3) is 0.600. The molecule has 126 valence electrons. The van der Waals surface area contributed by atoms with Crippen molar-refractivity contribution in [3.63, 3.8) is 0 Å². The van der Waals surface area contributed by atoms with Crippen LogP contribution in [0.5, 0.6) is 0 Å². The van der Waals surface area contributed by atoms with Crippen molar-refractivity contribution in [2.24, 2.45) is 0 Å². The van der Waals surface area contributed by atoms with Gasteiger partial charge in [0.05, 0.1) is 6.04 Å². The molecule has 2 fully saturated rings. The molecule has 1 aromatic heterocycles. The quantitative estimate of drug-likeness (QED) is 0.905. The number of hydrogen-bond acceptors (Lipinski definition) is 2. The minimum absolute atomic E-state index is 0.0181. The highest BCUT2D eigenvalue weighted by molar-refractivity contribution is 5.90. The van der Waals surface area contributed by atoms with Gasteiger partial charge in [0, 0.05) is 25.0 Å². The molecule has 0 bridgehead atoms. The van der Waals surface area contributed by atoms with Crippen LogP contribution in [-0.2, 0) is 9.59 Å². The minimum Gasteiger partial charge on any atom is -0.363 e. The van der Waals surface area contributed by atoms with E-state index in [0.29, 0.717) is 17.9 Å². The van der Waals surface area contributed by atoms with Crippen LogP contribution in [0.25, 0.3) is 0 Å². The Kier molecular flexibility index (Phi) is 4.08. The summed E-state index contributed by atoms with van der Waals surface area (Å²) in [5.74, 6) is -2.29. The zero-order valence-corrected chi connectivity index (χ0v) is 12.5. The van der Waals surface area contributed by atoms with Crippen LogP contribution in [0.1, 0.15) is 37.4 Å². The molecular formula is C15H18F3N3O2. The molecule has 3 rings (SSSR count). The molecule has 0 aliphatic carbocycles. The SMILES string of the molecule is O=C(C1CCCN1C(=O)C(F)(F)F)N1CCCC1c1ccc[nH]1. The molecule has 0 aromatic carbocycles. The van der Waals surface area contributed by atoms with Crippen molar-refractivity contribution in [3.8, 4) is 0 Å². The van der Waals surface area contributed by atoms with Crippen molar-refractivity contribution in [3.05, 3.63) is 24.0 Å². The van der Waals surface area contributed by atoms with Gasteiger partial charge in [-0.1, -0.05) is 0 Å². The van der Waals surface area contributed by atoms with Gasteiger partial charge in [0.15, 0.2) is 0 Å². The second-order valence-corrected chi connectivity index (χ2v) is 5.97. The summed E-state index contributed by atoms with van der Waals surface area (Å²) in [7, 11) is 0. The lowest BCUT2D eigenvalue weighted by atomic mass is 10.1. The predicted molar refractivity (Wildman–Crippen MR) is 75.3 cm³/mol. The Morgan fingerprint density at radius 1 is 1.13 bits per heavy atom. The lowest BCUT2D eigenvalue weighted by molar-refractivity contribution is -0.187. The number of nitrogens with zero attached hydrogens (tertiary/aromatic N) is 2. The van der Waals surface area contributed by atoms with Crippen molar-refractivity contribution in [1.29, 1.82) is 0 Å². The highest BCUT2D eigenvalue weighted by atomic mass is 19.4. The van der Waals surface area contributed by atoms with Crippen molar-refractivity contribution in [2.75, 3.05) is 13.1 Å². The first-order valence-electron chi connectivity index (χ1n) is 7.71. The Morgan fingerprint density at radius 2 is 1.83 bits per heavy atom. The molecule has 0 radical (unpaired) electrons. The number of likely N-dealkylation sites (tertiary alicyclic amines) is 2. The topological polar surface area (TPSA) is 56.4 Å². The highest BCUT2D eigenvalue weighted by Gasteiger charge is 2.49. The molecule has 0 spiro atoms. The average Bonchev–Trinajstić information content (AvgIpc) is 3.22. The summed E-state index contributed by atoms with van der Waals surface area (Å²) < 4.78 is 38.1. The number of aromatic nitrogens is 1. The number of alkyl halides is 3. The van der Waals surface area contributed by atoms with Gasteiger partial charge in [-0.2, -0.15) is 13.2 Å². The van der Waals surface area contributed by atoms with E-state index in [9.17, 15) is 22.8 Å². The van der Waals surface area contributed by atoms with Gasteiger partial charge in [0.1, 0.15) is 6.04 Å². The maximum absolute atomic E-state index is 12.7. The van der Waals surface area contributed by atoms with Crippen molar-refractivity contribution >= 4 is 11.8 Å². The summed E-state index contributed by atoms with van der Waals surface area (Å²) in [5.41, 5.74) is 0.877. The number of amides is 2. The molecule has 2 saturated heterocycles. The van der Waals surface area contributed by atoms with Crippen LogP contribution in [0.15, 0.2) is 18.3 Å². The Hall–Kier alpha value is -1.99. The smallest absolute Gasteiger partial charge is 0.363 e. The minimum atomic E-state index is -4.94. The first-order chi connectivity index (χ1) is 10.9. The van der Waals surface area contributed by atoms with E-state index in [2.05, 4.69) is 4.98 Å². The van der Waals surface area contributed by atoms with Crippen LogP contribution in [0, 0.1) is 0 Å². The van der Waals surface area contributed by atoms with E-state index in [-0.39, 0.29) is 24.9 Å². The molecule has 1 N–H and O–H groups in total.